The predicted octanol–water partition coefficient (Wildman–Crippen LogP) is 8.58. The van der Waals surface area contributed by atoms with Crippen LogP contribution in [-0.4, -0.2) is 61.8 Å². The Kier molecular flexibility index (Phi) is 17.5. The molecule has 0 atom stereocenters. The Bertz CT molecular complexity index is 1630. The Hall–Kier alpha value is -4.04. The van der Waals surface area contributed by atoms with Crippen LogP contribution >= 0.6 is 0 Å². The minimum atomic E-state index is -1.13. The van der Waals surface area contributed by atoms with Gasteiger partial charge in [0, 0.05) is 11.1 Å². The van der Waals surface area contributed by atoms with Crippen LogP contribution in [0.5, 0.6) is 0 Å². The Morgan fingerprint density at radius 1 is 0.635 bits per heavy atom. The van der Waals surface area contributed by atoms with E-state index in [4.69, 9.17) is 14.2 Å². The molecule has 7 heteroatoms. The minimum Gasteiger partial charge on any atom is -0.462 e. The Morgan fingerprint density at radius 3 is 1.87 bits per heavy atom. The van der Waals surface area contributed by atoms with Crippen molar-refractivity contribution < 1.29 is 34.0 Å². The number of carbonyl (C=O) groups excluding carboxylic acids is 2. The van der Waals surface area contributed by atoms with Crippen LogP contribution in [0.15, 0.2) is 78.9 Å². The Balaban J connectivity index is 1.88. The number of aryl methyl sites for hydroxylation is 4. The standard InChI is InChI=1S/C45H60O7/c1-8-11-12-14-34-16-18-37(19-17-34)39-20-21-41(35(9-2)25-39)42-27-38(15-13-23-51-43(48)32(4)5)40(26-36(42)10-3)22-24-50-30-45(28-46,29-47)31-52-44(49)33(6)7/h16-21,25-27,46-47H,4,6,8-15,22-24,28-31H2,1-3,5,7H3. The Morgan fingerprint density at radius 2 is 1.25 bits per heavy atom. The summed E-state index contributed by atoms with van der Waals surface area (Å²) in [6, 6.07) is 20.3. The molecule has 0 heterocycles. The summed E-state index contributed by atoms with van der Waals surface area (Å²) in [6.07, 6.45) is 8.51. The number of carbonyl (C=O) groups is 2. The Labute approximate surface area is 311 Å². The second-order valence-electron chi connectivity index (χ2n) is 14.0. The first-order chi connectivity index (χ1) is 25.0. The second-order valence-corrected chi connectivity index (χ2v) is 14.0. The minimum absolute atomic E-state index is 0.0160. The van der Waals surface area contributed by atoms with E-state index in [2.05, 4.69) is 88.5 Å². The molecule has 0 bridgehead atoms. The van der Waals surface area contributed by atoms with Gasteiger partial charge in [0.2, 0.25) is 0 Å². The molecule has 0 aliphatic rings. The maximum absolute atomic E-state index is 12.0. The highest BCUT2D eigenvalue weighted by molar-refractivity contribution is 5.87. The van der Waals surface area contributed by atoms with Gasteiger partial charge in [-0.25, -0.2) is 9.59 Å². The van der Waals surface area contributed by atoms with E-state index in [9.17, 15) is 19.8 Å². The highest BCUT2D eigenvalue weighted by Crippen LogP contribution is 2.34. The average Bonchev–Trinajstić information content (AvgIpc) is 3.16. The fourth-order valence-corrected chi connectivity index (χ4v) is 6.16. The molecular weight excluding hydrogens is 652 g/mol. The van der Waals surface area contributed by atoms with Gasteiger partial charge in [-0.2, -0.15) is 0 Å². The van der Waals surface area contributed by atoms with Crippen molar-refractivity contribution in [3.8, 4) is 22.3 Å². The summed E-state index contributed by atoms with van der Waals surface area (Å²) in [5.41, 5.74) is 10.5. The molecule has 3 aromatic carbocycles. The van der Waals surface area contributed by atoms with Crippen LogP contribution in [0, 0.1) is 5.41 Å². The van der Waals surface area contributed by atoms with Crippen molar-refractivity contribution in [1.29, 1.82) is 0 Å². The van der Waals surface area contributed by atoms with Crippen LogP contribution in [0.1, 0.15) is 88.1 Å². The average molecular weight is 713 g/mol. The lowest BCUT2D eigenvalue weighted by atomic mass is 9.86. The molecular formula is C45H60O7. The van der Waals surface area contributed by atoms with Gasteiger partial charge in [0.05, 0.1) is 38.4 Å². The van der Waals surface area contributed by atoms with Crippen LogP contribution in [0.25, 0.3) is 22.3 Å². The van der Waals surface area contributed by atoms with Gasteiger partial charge < -0.3 is 24.4 Å². The van der Waals surface area contributed by atoms with E-state index in [1.54, 1.807) is 13.8 Å². The molecule has 0 aromatic heterocycles. The fraction of sp³-hybridized carbons (Fsp3) is 0.467. The maximum Gasteiger partial charge on any atom is 0.333 e. The maximum atomic E-state index is 12.0. The summed E-state index contributed by atoms with van der Waals surface area (Å²) in [4.78, 5) is 24.0. The summed E-state index contributed by atoms with van der Waals surface area (Å²) in [5, 5.41) is 20.1. The van der Waals surface area contributed by atoms with Crippen molar-refractivity contribution in [2.24, 2.45) is 5.41 Å². The molecule has 282 valence electrons. The molecule has 0 amide bonds. The van der Waals surface area contributed by atoms with E-state index in [0.717, 1.165) is 30.4 Å². The van der Waals surface area contributed by atoms with E-state index < -0.39 is 24.6 Å². The number of ether oxygens (including phenoxy) is 3. The monoisotopic (exact) mass is 712 g/mol. The predicted molar refractivity (Wildman–Crippen MR) is 210 cm³/mol. The van der Waals surface area contributed by atoms with Gasteiger partial charge in [-0.1, -0.05) is 101 Å². The highest BCUT2D eigenvalue weighted by atomic mass is 16.5. The molecule has 0 saturated carbocycles. The van der Waals surface area contributed by atoms with E-state index in [-0.39, 0.29) is 31.4 Å². The third-order valence-corrected chi connectivity index (χ3v) is 9.56. The lowest BCUT2D eigenvalue weighted by Crippen LogP contribution is -2.40. The van der Waals surface area contributed by atoms with Gasteiger partial charge in [0.15, 0.2) is 0 Å². The van der Waals surface area contributed by atoms with Gasteiger partial charge in [-0.05, 0) is 109 Å². The molecule has 0 fully saturated rings. The van der Waals surface area contributed by atoms with Gasteiger partial charge in [0.25, 0.3) is 0 Å². The van der Waals surface area contributed by atoms with Gasteiger partial charge in [-0.3, -0.25) is 0 Å². The van der Waals surface area contributed by atoms with Crippen LogP contribution in [0.3, 0.4) is 0 Å². The molecule has 0 aliphatic heterocycles. The van der Waals surface area contributed by atoms with E-state index in [1.165, 1.54) is 58.2 Å². The summed E-state index contributed by atoms with van der Waals surface area (Å²) in [5.74, 6) is -0.968. The molecule has 0 aliphatic carbocycles. The lowest BCUT2D eigenvalue weighted by Gasteiger charge is -2.29. The van der Waals surface area contributed by atoms with Crippen molar-refractivity contribution in [3.05, 3.63) is 107 Å². The molecule has 52 heavy (non-hydrogen) atoms. The van der Waals surface area contributed by atoms with Crippen molar-refractivity contribution in [3.63, 3.8) is 0 Å². The molecule has 3 rings (SSSR count). The SMILES string of the molecule is C=C(C)C(=O)OCCCc1cc(-c2ccc(-c3ccc(CCCCC)cc3)cc2CC)c(CC)cc1CCOCC(CO)(CO)COC(=O)C(=C)C. The summed E-state index contributed by atoms with van der Waals surface area (Å²) >= 11 is 0. The first-order valence-corrected chi connectivity index (χ1v) is 18.8. The number of benzene rings is 3. The van der Waals surface area contributed by atoms with Crippen LogP contribution < -0.4 is 0 Å². The van der Waals surface area contributed by atoms with E-state index >= 15 is 0 Å². The van der Waals surface area contributed by atoms with Gasteiger partial charge in [0.1, 0.15) is 6.61 Å². The normalized spacial score (nSPS) is 11.4. The number of esters is 2. The summed E-state index contributed by atoms with van der Waals surface area (Å²) in [7, 11) is 0. The first-order valence-electron chi connectivity index (χ1n) is 18.8. The molecule has 0 radical (unpaired) electrons. The number of hydrogen-bond donors (Lipinski definition) is 2. The number of rotatable bonds is 23. The summed E-state index contributed by atoms with van der Waals surface area (Å²) < 4.78 is 16.7. The third-order valence-electron chi connectivity index (χ3n) is 9.56. The third kappa shape index (κ3) is 12.3. The van der Waals surface area contributed by atoms with Crippen molar-refractivity contribution >= 4 is 11.9 Å². The first kappa shape index (κ1) is 42.4. The lowest BCUT2D eigenvalue weighted by molar-refractivity contribution is -0.148. The van der Waals surface area contributed by atoms with Gasteiger partial charge >= 0.3 is 11.9 Å². The molecule has 0 unspecified atom stereocenters. The quantitative estimate of drug-likeness (QED) is 0.0577. The van der Waals surface area contributed by atoms with Crippen molar-refractivity contribution in [2.75, 3.05) is 39.6 Å². The second kappa shape index (κ2) is 21.5. The number of unbranched alkanes of at least 4 members (excludes halogenated alkanes) is 2. The topological polar surface area (TPSA) is 102 Å². The van der Waals surface area contributed by atoms with Gasteiger partial charge in [-0.15, -0.1) is 0 Å². The molecule has 0 spiro atoms. The molecule has 0 saturated heterocycles. The molecule has 3 aromatic rings. The number of aliphatic hydroxyl groups excluding tert-OH is 2. The fourth-order valence-electron chi connectivity index (χ4n) is 6.16. The van der Waals surface area contributed by atoms with Crippen molar-refractivity contribution in [1.82, 2.24) is 0 Å². The van der Waals surface area contributed by atoms with Crippen LogP contribution in [0.2, 0.25) is 0 Å². The largest absolute Gasteiger partial charge is 0.462 e. The van der Waals surface area contributed by atoms with E-state index in [1.807, 2.05) is 0 Å². The van der Waals surface area contributed by atoms with E-state index in [0.29, 0.717) is 31.4 Å². The van der Waals surface area contributed by atoms with Crippen LogP contribution in [0.4, 0.5) is 0 Å². The zero-order valence-corrected chi connectivity index (χ0v) is 32.2. The zero-order valence-electron chi connectivity index (χ0n) is 32.2. The smallest absolute Gasteiger partial charge is 0.333 e. The summed E-state index contributed by atoms with van der Waals surface area (Å²) in [6.45, 7) is 16.7. The number of hydrogen-bond acceptors (Lipinski definition) is 7. The zero-order chi connectivity index (χ0) is 38.1. The molecule has 2 N–H and O–H groups in total. The molecule has 7 nitrogen and oxygen atoms in total. The van der Waals surface area contributed by atoms with Crippen molar-refractivity contribution in [2.45, 2.75) is 92.4 Å². The van der Waals surface area contributed by atoms with Crippen LogP contribution in [-0.2, 0) is 55.9 Å². The highest BCUT2D eigenvalue weighted by Gasteiger charge is 2.31. The number of aliphatic hydroxyl groups is 2.